The van der Waals surface area contributed by atoms with Crippen molar-refractivity contribution in [2.45, 2.75) is 13.5 Å². The van der Waals surface area contributed by atoms with E-state index in [4.69, 9.17) is 33.7 Å². The Bertz CT molecular complexity index is 347. The highest BCUT2D eigenvalue weighted by atomic mass is 35.5. The lowest BCUT2D eigenvalue weighted by Crippen LogP contribution is -2.06. The minimum absolute atomic E-state index is 0.372. The van der Waals surface area contributed by atoms with Gasteiger partial charge in [-0.05, 0) is 17.9 Å². The second-order valence-electron chi connectivity index (χ2n) is 3.13. The van der Waals surface area contributed by atoms with E-state index in [1.165, 1.54) is 0 Å². The molecule has 1 rings (SSSR count). The summed E-state index contributed by atoms with van der Waals surface area (Å²) in [5.74, 6) is 2.69. The maximum Gasteiger partial charge on any atom is 0.142 e. The van der Waals surface area contributed by atoms with Gasteiger partial charge in [0.1, 0.15) is 5.75 Å². The lowest BCUT2D eigenvalue weighted by molar-refractivity contribution is 0.340. The van der Waals surface area contributed by atoms with E-state index < -0.39 is 0 Å². The Labute approximate surface area is 110 Å². The molecule has 0 amide bonds. The summed E-state index contributed by atoms with van der Waals surface area (Å²) in [4.78, 5) is 0. The van der Waals surface area contributed by atoms with E-state index in [9.17, 15) is 0 Å². The lowest BCUT2D eigenvalue weighted by Gasteiger charge is -2.12. The third-order valence-corrected chi connectivity index (χ3v) is 3.35. The molecule has 0 aliphatic rings. The summed E-state index contributed by atoms with van der Waals surface area (Å²) in [6, 6.07) is 3.46. The molecule has 5 heteroatoms. The van der Waals surface area contributed by atoms with Crippen LogP contribution in [0.25, 0.3) is 0 Å². The summed E-state index contributed by atoms with van der Waals surface area (Å²) in [5, 5.41) is 1.11. The van der Waals surface area contributed by atoms with Gasteiger partial charge in [0.25, 0.3) is 0 Å². The summed E-state index contributed by atoms with van der Waals surface area (Å²) in [6.45, 7) is 3.12. The van der Waals surface area contributed by atoms with Gasteiger partial charge in [0.2, 0.25) is 0 Å². The first-order chi connectivity index (χ1) is 7.69. The van der Waals surface area contributed by atoms with Gasteiger partial charge in [0.05, 0.1) is 11.6 Å². The summed E-state index contributed by atoms with van der Waals surface area (Å²) in [7, 11) is 0. The molecule has 0 radical (unpaired) electrons. The molecule has 0 bridgehead atoms. The van der Waals surface area contributed by atoms with E-state index in [-0.39, 0.29) is 0 Å². The molecular formula is C11H15Cl2NOS. The van der Waals surface area contributed by atoms with Crippen LogP contribution in [0.15, 0.2) is 12.1 Å². The summed E-state index contributed by atoms with van der Waals surface area (Å²) in [5.41, 5.74) is 6.46. The van der Waals surface area contributed by atoms with E-state index in [2.05, 4.69) is 6.92 Å². The topological polar surface area (TPSA) is 35.2 Å². The molecule has 0 atom stereocenters. The SMILES string of the molecule is CCSCCOc1c(Cl)cc(Cl)cc1CN. The standard InChI is InChI=1S/C11H15Cl2NOS/c1-2-16-4-3-15-11-8(7-14)5-9(12)6-10(11)13/h5-6H,2-4,7,14H2,1H3. The zero-order valence-corrected chi connectivity index (χ0v) is 11.5. The monoisotopic (exact) mass is 279 g/mol. The molecule has 0 fully saturated rings. The van der Waals surface area contributed by atoms with Gasteiger partial charge < -0.3 is 10.5 Å². The number of hydrogen-bond acceptors (Lipinski definition) is 3. The van der Waals surface area contributed by atoms with Crippen LogP contribution in [-0.2, 0) is 6.54 Å². The van der Waals surface area contributed by atoms with Crippen molar-refractivity contribution in [2.75, 3.05) is 18.1 Å². The molecule has 0 aromatic heterocycles. The number of rotatable bonds is 6. The molecule has 0 aliphatic carbocycles. The van der Waals surface area contributed by atoms with Crippen molar-refractivity contribution in [1.82, 2.24) is 0 Å². The molecule has 0 saturated carbocycles. The fraction of sp³-hybridized carbons (Fsp3) is 0.455. The summed E-state index contributed by atoms with van der Waals surface area (Å²) >= 11 is 13.8. The van der Waals surface area contributed by atoms with Crippen LogP contribution in [0.4, 0.5) is 0 Å². The molecule has 0 unspecified atom stereocenters. The maximum atomic E-state index is 6.05. The van der Waals surface area contributed by atoms with E-state index in [0.29, 0.717) is 28.9 Å². The van der Waals surface area contributed by atoms with Gasteiger partial charge in [-0.25, -0.2) is 0 Å². The minimum atomic E-state index is 0.372. The van der Waals surface area contributed by atoms with E-state index in [1.807, 2.05) is 11.8 Å². The first-order valence-corrected chi connectivity index (χ1v) is 6.98. The second kappa shape index (κ2) is 7.28. The number of hydrogen-bond donors (Lipinski definition) is 1. The quantitative estimate of drug-likeness (QED) is 0.809. The first-order valence-electron chi connectivity index (χ1n) is 5.07. The number of benzene rings is 1. The molecule has 0 aliphatic heterocycles. The van der Waals surface area contributed by atoms with Gasteiger partial charge in [-0.15, -0.1) is 0 Å². The molecule has 0 heterocycles. The van der Waals surface area contributed by atoms with Gasteiger partial charge in [-0.1, -0.05) is 30.1 Å². The van der Waals surface area contributed by atoms with Crippen LogP contribution in [0.3, 0.4) is 0 Å². The predicted molar refractivity (Wildman–Crippen MR) is 72.8 cm³/mol. The predicted octanol–water partition coefficient (Wildman–Crippen LogP) is 3.58. The van der Waals surface area contributed by atoms with Gasteiger partial charge >= 0.3 is 0 Å². The molecule has 90 valence electrons. The Morgan fingerprint density at radius 3 is 2.75 bits per heavy atom. The van der Waals surface area contributed by atoms with Crippen LogP contribution in [0.5, 0.6) is 5.75 Å². The van der Waals surface area contributed by atoms with Crippen molar-refractivity contribution >= 4 is 35.0 Å². The smallest absolute Gasteiger partial charge is 0.142 e. The Morgan fingerprint density at radius 1 is 1.38 bits per heavy atom. The molecule has 2 N–H and O–H groups in total. The highest BCUT2D eigenvalue weighted by Crippen LogP contribution is 2.32. The summed E-state index contributed by atoms with van der Waals surface area (Å²) in [6.07, 6.45) is 0. The highest BCUT2D eigenvalue weighted by Gasteiger charge is 2.09. The van der Waals surface area contributed by atoms with Crippen molar-refractivity contribution in [2.24, 2.45) is 5.73 Å². The van der Waals surface area contributed by atoms with E-state index >= 15 is 0 Å². The molecular weight excluding hydrogens is 265 g/mol. The number of thioether (sulfide) groups is 1. The minimum Gasteiger partial charge on any atom is -0.491 e. The first kappa shape index (κ1) is 14.0. The average Bonchev–Trinajstić information content (AvgIpc) is 2.26. The van der Waals surface area contributed by atoms with Gasteiger partial charge in [-0.3, -0.25) is 0 Å². The van der Waals surface area contributed by atoms with Crippen LogP contribution in [0.1, 0.15) is 12.5 Å². The molecule has 0 spiro atoms. The fourth-order valence-corrected chi connectivity index (χ4v) is 2.35. The Morgan fingerprint density at radius 2 is 2.12 bits per heavy atom. The van der Waals surface area contributed by atoms with Crippen molar-refractivity contribution < 1.29 is 4.74 Å². The zero-order valence-electron chi connectivity index (χ0n) is 9.13. The Balaban J connectivity index is 2.70. The highest BCUT2D eigenvalue weighted by molar-refractivity contribution is 7.99. The zero-order chi connectivity index (χ0) is 12.0. The number of ether oxygens (including phenoxy) is 1. The Kier molecular flexibility index (Phi) is 6.36. The largest absolute Gasteiger partial charge is 0.491 e. The van der Waals surface area contributed by atoms with Crippen LogP contribution in [0.2, 0.25) is 10.0 Å². The molecule has 2 nitrogen and oxygen atoms in total. The Hall–Kier alpha value is -0.0900. The fourth-order valence-electron chi connectivity index (χ4n) is 1.27. The van der Waals surface area contributed by atoms with E-state index in [1.54, 1.807) is 12.1 Å². The summed E-state index contributed by atoms with van der Waals surface area (Å²) < 4.78 is 5.62. The van der Waals surface area contributed by atoms with Crippen LogP contribution in [-0.4, -0.2) is 18.1 Å². The van der Waals surface area contributed by atoms with E-state index in [0.717, 1.165) is 17.1 Å². The molecule has 16 heavy (non-hydrogen) atoms. The maximum absolute atomic E-state index is 6.05. The lowest BCUT2D eigenvalue weighted by atomic mass is 10.2. The third-order valence-electron chi connectivity index (χ3n) is 1.98. The van der Waals surface area contributed by atoms with Gasteiger partial charge in [-0.2, -0.15) is 11.8 Å². The molecule has 0 saturated heterocycles. The van der Waals surface area contributed by atoms with Crippen molar-refractivity contribution in [3.8, 4) is 5.75 Å². The second-order valence-corrected chi connectivity index (χ2v) is 5.36. The average molecular weight is 280 g/mol. The third kappa shape index (κ3) is 4.06. The normalized spacial score (nSPS) is 10.5. The number of halogens is 2. The van der Waals surface area contributed by atoms with Crippen molar-refractivity contribution in [3.63, 3.8) is 0 Å². The van der Waals surface area contributed by atoms with Crippen molar-refractivity contribution in [1.29, 1.82) is 0 Å². The van der Waals surface area contributed by atoms with Crippen LogP contribution in [0, 0.1) is 0 Å². The molecule has 1 aromatic rings. The van der Waals surface area contributed by atoms with Gasteiger partial charge in [0, 0.05) is 22.9 Å². The molecule has 1 aromatic carbocycles. The number of nitrogens with two attached hydrogens (primary N) is 1. The van der Waals surface area contributed by atoms with Crippen LogP contribution < -0.4 is 10.5 Å². The van der Waals surface area contributed by atoms with Gasteiger partial charge in [0.15, 0.2) is 0 Å². The van der Waals surface area contributed by atoms with Crippen molar-refractivity contribution in [3.05, 3.63) is 27.7 Å². The van der Waals surface area contributed by atoms with Crippen LogP contribution >= 0.6 is 35.0 Å².